The summed E-state index contributed by atoms with van der Waals surface area (Å²) in [6, 6.07) is 9.72. The van der Waals surface area contributed by atoms with Crippen LogP contribution in [0.25, 0.3) is 0 Å². The van der Waals surface area contributed by atoms with Gasteiger partial charge in [-0.2, -0.15) is 0 Å². The highest BCUT2D eigenvalue weighted by atomic mass is 19.1. The van der Waals surface area contributed by atoms with Crippen molar-refractivity contribution in [3.05, 3.63) is 65.5 Å². The van der Waals surface area contributed by atoms with E-state index >= 15 is 0 Å². The maximum Gasteiger partial charge on any atom is 0.253 e. The summed E-state index contributed by atoms with van der Waals surface area (Å²) < 4.78 is 46.9. The molecule has 2 aromatic carbocycles. The maximum atomic E-state index is 13.9. The van der Waals surface area contributed by atoms with Gasteiger partial charge in [0.15, 0.2) is 0 Å². The molecule has 148 valence electrons. The first-order valence-electron chi connectivity index (χ1n) is 9.31. The van der Waals surface area contributed by atoms with Crippen LogP contribution in [0, 0.1) is 17.5 Å². The van der Waals surface area contributed by atoms with Crippen LogP contribution in [0.5, 0.6) is 0 Å². The van der Waals surface area contributed by atoms with E-state index in [0.29, 0.717) is 38.2 Å². The smallest absolute Gasteiger partial charge is 0.253 e. The number of nitrogens with zero attached hydrogens (tertiary/aromatic N) is 2. The Hall–Kier alpha value is -2.38. The number of hydrogen-bond donors (Lipinski definition) is 0. The van der Waals surface area contributed by atoms with Gasteiger partial charge in [-0.25, -0.2) is 13.2 Å². The standard InChI is InChI=1S/C21H21F3N2O2/c22-15-4-6-16(7-5-15)26-14-21(28-13-20(26)27)8-10-25(11-9-21)12-17-18(23)2-1-3-19(17)24/h1-7H,8-14H2. The Morgan fingerprint density at radius 2 is 1.61 bits per heavy atom. The van der Waals surface area contributed by atoms with Gasteiger partial charge in [-0.05, 0) is 49.2 Å². The molecule has 0 aliphatic carbocycles. The summed E-state index contributed by atoms with van der Waals surface area (Å²) in [5.74, 6) is -1.59. The van der Waals surface area contributed by atoms with Gasteiger partial charge in [0.2, 0.25) is 0 Å². The van der Waals surface area contributed by atoms with E-state index in [0.717, 1.165) is 0 Å². The van der Waals surface area contributed by atoms with E-state index in [1.807, 2.05) is 4.90 Å². The number of amides is 1. The van der Waals surface area contributed by atoms with Gasteiger partial charge in [0.1, 0.15) is 24.1 Å². The lowest BCUT2D eigenvalue weighted by atomic mass is 9.88. The number of hydrogen-bond acceptors (Lipinski definition) is 3. The third-order valence-electron chi connectivity index (χ3n) is 5.60. The zero-order chi connectivity index (χ0) is 19.7. The second kappa shape index (κ2) is 7.56. The van der Waals surface area contributed by atoms with Crippen LogP contribution < -0.4 is 4.90 Å². The van der Waals surface area contributed by atoms with Crippen molar-refractivity contribution in [3.8, 4) is 0 Å². The number of benzene rings is 2. The quantitative estimate of drug-likeness (QED) is 0.804. The Kier molecular flexibility index (Phi) is 5.12. The van der Waals surface area contributed by atoms with Crippen LogP contribution in [0.4, 0.5) is 18.9 Å². The van der Waals surface area contributed by atoms with Gasteiger partial charge in [-0.1, -0.05) is 6.07 Å². The molecule has 2 heterocycles. The zero-order valence-electron chi connectivity index (χ0n) is 15.3. The summed E-state index contributed by atoms with van der Waals surface area (Å²) in [6.45, 7) is 1.78. The number of morpholine rings is 1. The van der Waals surface area contributed by atoms with Gasteiger partial charge in [0, 0.05) is 30.9 Å². The molecule has 0 bridgehead atoms. The van der Waals surface area contributed by atoms with Crippen molar-refractivity contribution in [2.45, 2.75) is 25.0 Å². The van der Waals surface area contributed by atoms with Gasteiger partial charge in [-0.3, -0.25) is 9.69 Å². The highest BCUT2D eigenvalue weighted by Crippen LogP contribution is 2.33. The lowest BCUT2D eigenvalue weighted by Crippen LogP contribution is -2.58. The van der Waals surface area contributed by atoms with Crippen molar-refractivity contribution in [1.29, 1.82) is 0 Å². The van der Waals surface area contributed by atoms with Gasteiger partial charge in [0.25, 0.3) is 5.91 Å². The molecular formula is C21H21F3N2O2. The first-order chi connectivity index (χ1) is 13.5. The molecular weight excluding hydrogens is 369 g/mol. The second-order valence-electron chi connectivity index (χ2n) is 7.40. The lowest BCUT2D eigenvalue weighted by molar-refractivity contribution is -0.145. The fourth-order valence-corrected chi connectivity index (χ4v) is 3.90. The van der Waals surface area contributed by atoms with Crippen LogP contribution in [-0.4, -0.2) is 42.6 Å². The van der Waals surface area contributed by atoms with Crippen molar-refractivity contribution >= 4 is 11.6 Å². The van der Waals surface area contributed by atoms with Gasteiger partial charge in [0.05, 0.1) is 12.1 Å². The van der Waals surface area contributed by atoms with Gasteiger partial charge in [-0.15, -0.1) is 0 Å². The van der Waals surface area contributed by atoms with E-state index in [4.69, 9.17) is 4.74 Å². The SMILES string of the molecule is O=C1COC2(CCN(Cc3c(F)cccc3F)CC2)CN1c1ccc(F)cc1. The number of carbonyl (C=O) groups excluding carboxylic acids is 1. The molecule has 1 amide bonds. The normalized spacial score (nSPS) is 20.0. The summed E-state index contributed by atoms with van der Waals surface area (Å²) in [7, 11) is 0. The molecule has 28 heavy (non-hydrogen) atoms. The summed E-state index contributed by atoms with van der Waals surface area (Å²) in [5.41, 5.74) is 0.225. The molecule has 4 nitrogen and oxygen atoms in total. The Bertz CT molecular complexity index is 844. The molecule has 4 rings (SSSR count). The van der Waals surface area contributed by atoms with Crippen molar-refractivity contribution in [3.63, 3.8) is 0 Å². The van der Waals surface area contributed by atoms with E-state index in [1.165, 1.54) is 30.3 Å². The van der Waals surface area contributed by atoms with Gasteiger partial charge >= 0.3 is 0 Å². The van der Waals surface area contributed by atoms with Crippen molar-refractivity contribution < 1.29 is 22.7 Å². The first-order valence-corrected chi connectivity index (χ1v) is 9.31. The van der Waals surface area contributed by atoms with Crippen molar-refractivity contribution in [2.75, 3.05) is 31.1 Å². The predicted octanol–water partition coefficient (Wildman–Crippen LogP) is 3.50. The first kappa shape index (κ1) is 19.0. The average molecular weight is 390 g/mol. The molecule has 0 saturated carbocycles. The number of ether oxygens (including phenoxy) is 1. The number of piperidine rings is 1. The molecule has 2 saturated heterocycles. The molecule has 7 heteroatoms. The summed E-state index contributed by atoms with van der Waals surface area (Å²) in [4.78, 5) is 15.9. The third kappa shape index (κ3) is 3.77. The fraction of sp³-hybridized carbons (Fsp3) is 0.381. The van der Waals surface area contributed by atoms with E-state index in [-0.39, 0.29) is 30.4 Å². The van der Waals surface area contributed by atoms with Crippen LogP contribution in [0.3, 0.4) is 0 Å². The molecule has 0 N–H and O–H groups in total. The Morgan fingerprint density at radius 1 is 0.964 bits per heavy atom. The second-order valence-corrected chi connectivity index (χ2v) is 7.40. The highest BCUT2D eigenvalue weighted by Gasteiger charge is 2.42. The minimum Gasteiger partial charge on any atom is -0.363 e. The van der Waals surface area contributed by atoms with E-state index in [1.54, 1.807) is 17.0 Å². The van der Waals surface area contributed by atoms with Crippen LogP contribution >= 0.6 is 0 Å². The fourth-order valence-electron chi connectivity index (χ4n) is 3.90. The largest absolute Gasteiger partial charge is 0.363 e. The van der Waals surface area contributed by atoms with Crippen molar-refractivity contribution in [1.82, 2.24) is 4.90 Å². The summed E-state index contributed by atoms with van der Waals surface area (Å²) in [5, 5.41) is 0. The number of likely N-dealkylation sites (tertiary alicyclic amines) is 1. The number of carbonyl (C=O) groups is 1. The highest BCUT2D eigenvalue weighted by molar-refractivity contribution is 5.95. The van der Waals surface area contributed by atoms with Crippen LogP contribution in [0.1, 0.15) is 18.4 Å². The maximum absolute atomic E-state index is 13.9. The van der Waals surface area contributed by atoms with E-state index in [2.05, 4.69) is 0 Å². The zero-order valence-corrected chi connectivity index (χ0v) is 15.3. The summed E-state index contributed by atoms with van der Waals surface area (Å²) >= 11 is 0. The monoisotopic (exact) mass is 390 g/mol. The summed E-state index contributed by atoms with van der Waals surface area (Å²) in [6.07, 6.45) is 1.29. The molecule has 2 aliphatic heterocycles. The molecule has 1 spiro atoms. The number of halogens is 3. The number of rotatable bonds is 3. The molecule has 0 aromatic heterocycles. The van der Waals surface area contributed by atoms with Crippen LogP contribution in [-0.2, 0) is 16.1 Å². The Labute approximate surface area is 161 Å². The van der Waals surface area contributed by atoms with Crippen LogP contribution in [0.15, 0.2) is 42.5 Å². The molecule has 0 radical (unpaired) electrons. The van der Waals surface area contributed by atoms with Gasteiger partial charge < -0.3 is 9.64 Å². The minimum absolute atomic E-state index is 0.0285. The Balaban J connectivity index is 1.43. The third-order valence-corrected chi connectivity index (χ3v) is 5.60. The molecule has 0 unspecified atom stereocenters. The van der Waals surface area contributed by atoms with E-state index < -0.39 is 17.2 Å². The molecule has 2 aliphatic rings. The Morgan fingerprint density at radius 3 is 2.25 bits per heavy atom. The average Bonchev–Trinajstić information content (AvgIpc) is 2.69. The topological polar surface area (TPSA) is 32.8 Å². The lowest BCUT2D eigenvalue weighted by Gasteiger charge is -2.47. The molecule has 2 aromatic rings. The minimum atomic E-state index is -0.540. The number of anilines is 1. The molecule has 0 atom stereocenters. The molecule has 2 fully saturated rings. The predicted molar refractivity (Wildman–Crippen MR) is 98.3 cm³/mol. The van der Waals surface area contributed by atoms with Crippen molar-refractivity contribution in [2.24, 2.45) is 0 Å². The van der Waals surface area contributed by atoms with Crippen LogP contribution in [0.2, 0.25) is 0 Å². The van der Waals surface area contributed by atoms with E-state index in [9.17, 15) is 18.0 Å².